The lowest BCUT2D eigenvalue weighted by Crippen LogP contribution is -2.55. The molecule has 0 radical (unpaired) electrons. The minimum absolute atomic E-state index is 0.167. The minimum Gasteiger partial charge on any atom is -0.328 e. The molecule has 0 saturated carbocycles. The molecule has 1 atom stereocenters. The second kappa shape index (κ2) is 5.35. The van der Waals surface area contributed by atoms with Gasteiger partial charge >= 0.3 is 6.03 Å². The summed E-state index contributed by atoms with van der Waals surface area (Å²) in [5.41, 5.74) is 0. The third kappa shape index (κ3) is 2.84. The van der Waals surface area contributed by atoms with Gasteiger partial charge in [0.05, 0.1) is 0 Å². The number of likely N-dealkylation sites (N-methyl/N-ethyl adjacent to an activating group) is 1. The van der Waals surface area contributed by atoms with E-state index in [9.17, 15) is 4.79 Å². The van der Waals surface area contributed by atoms with E-state index in [0.717, 1.165) is 32.7 Å². The predicted molar refractivity (Wildman–Crippen MR) is 62.0 cm³/mol. The fourth-order valence-corrected chi connectivity index (χ4v) is 2.02. The summed E-state index contributed by atoms with van der Waals surface area (Å²) in [7, 11) is 1.86. The van der Waals surface area contributed by atoms with Crippen molar-refractivity contribution in [2.45, 2.75) is 26.8 Å². The van der Waals surface area contributed by atoms with Crippen LogP contribution in [0.15, 0.2) is 0 Å². The Labute approximate surface area is 92.8 Å². The first-order chi connectivity index (χ1) is 7.10. The topological polar surface area (TPSA) is 26.8 Å². The number of urea groups is 1. The van der Waals surface area contributed by atoms with Crippen molar-refractivity contribution in [3.63, 3.8) is 0 Å². The molecule has 1 saturated heterocycles. The zero-order chi connectivity index (χ0) is 11.4. The molecule has 15 heavy (non-hydrogen) atoms. The first kappa shape index (κ1) is 12.3. The van der Waals surface area contributed by atoms with Crippen LogP contribution in [0.2, 0.25) is 0 Å². The van der Waals surface area contributed by atoms with Crippen molar-refractivity contribution in [2.75, 3.05) is 39.8 Å². The molecule has 0 aromatic rings. The third-order valence-electron chi connectivity index (χ3n) is 3.24. The zero-order valence-electron chi connectivity index (χ0n) is 10.4. The summed E-state index contributed by atoms with van der Waals surface area (Å²) < 4.78 is 0. The van der Waals surface area contributed by atoms with Crippen LogP contribution in [-0.2, 0) is 0 Å². The number of hydrogen-bond donors (Lipinski definition) is 0. The summed E-state index contributed by atoms with van der Waals surface area (Å²) in [5.74, 6) is 0. The van der Waals surface area contributed by atoms with E-state index in [1.807, 2.05) is 18.9 Å². The molecule has 0 spiro atoms. The normalized spacial score (nSPS) is 22.9. The molecule has 0 bridgehead atoms. The third-order valence-corrected chi connectivity index (χ3v) is 3.24. The smallest absolute Gasteiger partial charge is 0.319 e. The summed E-state index contributed by atoms with van der Waals surface area (Å²) in [4.78, 5) is 18.0. The molecule has 2 amide bonds. The summed E-state index contributed by atoms with van der Waals surface area (Å²) in [6.45, 7) is 10.9. The number of piperazine rings is 1. The lowest BCUT2D eigenvalue weighted by molar-refractivity contribution is 0.0890. The van der Waals surface area contributed by atoms with Crippen molar-refractivity contribution in [3.8, 4) is 0 Å². The van der Waals surface area contributed by atoms with Crippen molar-refractivity contribution in [1.82, 2.24) is 14.7 Å². The average molecular weight is 213 g/mol. The Bertz CT molecular complexity index is 220. The van der Waals surface area contributed by atoms with Crippen LogP contribution in [0.4, 0.5) is 4.79 Å². The van der Waals surface area contributed by atoms with Crippen LogP contribution in [0.3, 0.4) is 0 Å². The van der Waals surface area contributed by atoms with Gasteiger partial charge in [-0.15, -0.1) is 0 Å². The molecule has 4 heteroatoms. The summed E-state index contributed by atoms with van der Waals surface area (Å²) in [5, 5.41) is 0. The van der Waals surface area contributed by atoms with E-state index in [0.29, 0.717) is 6.04 Å². The van der Waals surface area contributed by atoms with Crippen molar-refractivity contribution >= 4 is 6.03 Å². The van der Waals surface area contributed by atoms with Gasteiger partial charge in [-0.25, -0.2) is 4.79 Å². The number of carbonyl (C=O) groups is 1. The van der Waals surface area contributed by atoms with E-state index in [-0.39, 0.29) is 6.03 Å². The van der Waals surface area contributed by atoms with Gasteiger partial charge in [-0.2, -0.15) is 0 Å². The van der Waals surface area contributed by atoms with Gasteiger partial charge < -0.3 is 9.80 Å². The zero-order valence-corrected chi connectivity index (χ0v) is 10.4. The number of hydrogen-bond acceptors (Lipinski definition) is 2. The van der Waals surface area contributed by atoms with Crippen LogP contribution in [0, 0.1) is 0 Å². The highest BCUT2D eigenvalue weighted by atomic mass is 16.2. The van der Waals surface area contributed by atoms with Crippen LogP contribution in [-0.4, -0.2) is 66.5 Å². The average Bonchev–Trinajstić information content (AvgIpc) is 2.26. The van der Waals surface area contributed by atoms with Gasteiger partial charge in [-0.3, -0.25) is 4.90 Å². The van der Waals surface area contributed by atoms with Gasteiger partial charge in [-0.1, -0.05) is 6.92 Å². The number of rotatable bonds is 2. The lowest BCUT2D eigenvalue weighted by Gasteiger charge is -2.40. The van der Waals surface area contributed by atoms with Crippen molar-refractivity contribution in [1.29, 1.82) is 0 Å². The molecule has 0 aliphatic carbocycles. The lowest BCUT2D eigenvalue weighted by atomic mass is 10.2. The van der Waals surface area contributed by atoms with Gasteiger partial charge in [0.1, 0.15) is 0 Å². The summed E-state index contributed by atoms with van der Waals surface area (Å²) in [6.07, 6.45) is 0. The molecule has 1 heterocycles. The Morgan fingerprint density at radius 3 is 2.53 bits per heavy atom. The first-order valence-electron chi connectivity index (χ1n) is 5.84. The quantitative estimate of drug-likeness (QED) is 0.686. The van der Waals surface area contributed by atoms with Gasteiger partial charge in [0.15, 0.2) is 0 Å². The molecule has 0 aromatic carbocycles. The predicted octanol–water partition coefficient (Wildman–Crippen LogP) is 1.08. The van der Waals surface area contributed by atoms with Crippen LogP contribution in [0.5, 0.6) is 0 Å². The highest BCUT2D eigenvalue weighted by Gasteiger charge is 2.26. The van der Waals surface area contributed by atoms with Gasteiger partial charge in [0.2, 0.25) is 0 Å². The van der Waals surface area contributed by atoms with Crippen molar-refractivity contribution in [2.24, 2.45) is 0 Å². The summed E-state index contributed by atoms with van der Waals surface area (Å²) in [6, 6.07) is 0.651. The van der Waals surface area contributed by atoms with E-state index in [4.69, 9.17) is 0 Å². The van der Waals surface area contributed by atoms with E-state index < -0.39 is 0 Å². The maximum atomic E-state index is 11.9. The van der Waals surface area contributed by atoms with Crippen molar-refractivity contribution in [3.05, 3.63) is 0 Å². The molecule has 4 nitrogen and oxygen atoms in total. The van der Waals surface area contributed by atoms with Crippen LogP contribution in [0.25, 0.3) is 0 Å². The highest BCUT2D eigenvalue weighted by molar-refractivity contribution is 5.74. The fraction of sp³-hybridized carbons (Fsp3) is 0.909. The Hall–Kier alpha value is -0.770. The van der Waals surface area contributed by atoms with Crippen molar-refractivity contribution < 1.29 is 4.79 Å². The molecular formula is C11H23N3O. The molecule has 88 valence electrons. The van der Waals surface area contributed by atoms with Gasteiger partial charge in [-0.05, 0) is 20.4 Å². The Balaban J connectivity index is 2.50. The molecule has 1 rings (SSSR count). The fourth-order valence-electron chi connectivity index (χ4n) is 2.02. The van der Waals surface area contributed by atoms with E-state index in [1.165, 1.54) is 0 Å². The van der Waals surface area contributed by atoms with Crippen LogP contribution < -0.4 is 0 Å². The Kier molecular flexibility index (Phi) is 4.39. The second-order valence-electron chi connectivity index (χ2n) is 4.22. The van der Waals surface area contributed by atoms with E-state index >= 15 is 0 Å². The molecular weight excluding hydrogens is 190 g/mol. The standard InChI is InChI=1S/C11H23N3O/c1-5-12(4)11(15)14-8-7-13(6-2)10(3)9-14/h10H,5-9H2,1-4H3. The highest BCUT2D eigenvalue weighted by Crippen LogP contribution is 2.10. The Morgan fingerprint density at radius 1 is 1.40 bits per heavy atom. The monoisotopic (exact) mass is 213 g/mol. The summed E-state index contributed by atoms with van der Waals surface area (Å²) >= 11 is 0. The second-order valence-corrected chi connectivity index (χ2v) is 4.22. The number of nitrogens with zero attached hydrogens (tertiary/aromatic N) is 3. The van der Waals surface area contributed by atoms with Gasteiger partial charge in [0, 0.05) is 39.3 Å². The van der Waals surface area contributed by atoms with E-state index in [1.54, 1.807) is 4.90 Å². The molecule has 1 aliphatic rings. The van der Waals surface area contributed by atoms with Gasteiger partial charge in [0.25, 0.3) is 0 Å². The molecule has 1 unspecified atom stereocenters. The maximum absolute atomic E-state index is 11.9. The molecule has 1 fully saturated rings. The largest absolute Gasteiger partial charge is 0.328 e. The number of amides is 2. The number of carbonyl (C=O) groups excluding carboxylic acids is 1. The first-order valence-corrected chi connectivity index (χ1v) is 5.84. The van der Waals surface area contributed by atoms with Crippen LogP contribution in [0.1, 0.15) is 20.8 Å². The molecule has 0 aromatic heterocycles. The molecule has 1 aliphatic heterocycles. The molecule has 0 N–H and O–H groups in total. The SMILES string of the molecule is CCN(C)C(=O)N1CCN(CC)C(C)C1. The minimum atomic E-state index is 0.167. The van der Waals surface area contributed by atoms with E-state index in [2.05, 4.69) is 18.7 Å². The van der Waals surface area contributed by atoms with Crippen LogP contribution >= 0.6 is 0 Å². The maximum Gasteiger partial charge on any atom is 0.319 e. The Morgan fingerprint density at radius 2 is 2.07 bits per heavy atom.